The summed E-state index contributed by atoms with van der Waals surface area (Å²) in [6.45, 7) is 4.46. The van der Waals surface area contributed by atoms with Crippen molar-refractivity contribution in [1.82, 2.24) is 15.2 Å². The predicted octanol–water partition coefficient (Wildman–Crippen LogP) is 2.12. The average molecular weight is 300 g/mol. The van der Waals surface area contributed by atoms with E-state index in [2.05, 4.69) is 20.2 Å². The number of rotatable bonds is 7. The zero-order chi connectivity index (χ0) is 15.6. The number of para-hydroxylation sites is 1. The normalized spacial score (nSPS) is 12.7. The lowest BCUT2D eigenvalue weighted by Crippen LogP contribution is -2.42. The van der Waals surface area contributed by atoms with Crippen LogP contribution in [0, 0.1) is 0 Å². The smallest absolute Gasteiger partial charge is 0.191 e. The topological polar surface area (TPSA) is 50.6 Å². The van der Waals surface area contributed by atoms with E-state index in [-0.39, 0.29) is 6.10 Å². The van der Waals surface area contributed by atoms with Crippen molar-refractivity contribution in [3.05, 3.63) is 54.9 Å². The van der Waals surface area contributed by atoms with Gasteiger partial charge in [-0.3, -0.25) is 4.99 Å². The maximum atomic E-state index is 5.82. The molecule has 2 aromatic rings. The Balaban J connectivity index is 1.67. The van der Waals surface area contributed by atoms with Crippen LogP contribution in [-0.2, 0) is 6.54 Å². The Labute approximate surface area is 132 Å². The van der Waals surface area contributed by atoms with Gasteiger partial charge < -0.3 is 19.9 Å². The third-order valence-electron chi connectivity index (χ3n) is 3.19. The first-order valence-electron chi connectivity index (χ1n) is 7.55. The zero-order valence-electron chi connectivity index (χ0n) is 13.2. The van der Waals surface area contributed by atoms with Crippen molar-refractivity contribution < 1.29 is 4.74 Å². The van der Waals surface area contributed by atoms with Crippen LogP contribution in [0.15, 0.2) is 59.9 Å². The van der Waals surface area contributed by atoms with Crippen LogP contribution < -0.4 is 15.4 Å². The predicted molar refractivity (Wildman–Crippen MR) is 90.3 cm³/mol. The molecule has 1 aromatic heterocycles. The van der Waals surface area contributed by atoms with Crippen LogP contribution in [0.1, 0.15) is 6.92 Å². The van der Waals surface area contributed by atoms with E-state index >= 15 is 0 Å². The minimum atomic E-state index is 0.0606. The molecule has 2 rings (SSSR count). The summed E-state index contributed by atoms with van der Waals surface area (Å²) in [6, 6.07) is 13.9. The summed E-state index contributed by atoms with van der Waals surface area (Å²) in [5.41, 5.74) is 0. The van der Waals surface area contributed by atoms with Gasteiger partial charge in [0.2, 0.25) is 0 Å². The number of ether oxygens (including phenoxy) is 1. The summed E-state index contributed by atoms with van der Waals surface area (Å²) in [6.07, 6.45) is 4.16. The fourth-order valence-electron chi connectivity index (χ4n) is 2.06. The first-order valence-corrected chi connectivity index (χ1v) is 7.55. The van der Waals surface area contributed by atoms with Gasteiger partial charge >= 0.3 is 0 Å². The summed E-state index contributed by atoms with van der Waals surface area (Å²) >= 11 is 0. The second kappa shape index (κ2) is 8.77. The van der Waals surface area contributed by atoms with Crippen molar-refractivity contribution in [3.63, 3.8) is 0 Å². The molecule has 0 aliphatic carbocycles. The van der Waals surface area contributed by atoms with Gasteiger partial charge in [-0.2, -0.15) is 0 Å². The highest BCUT2D eigenvalue weighted by Gasteiger charge is 2.05. The highest BCUT2D eigenvalue weighted by Crippen LogP contribution is 2.10. The summed E-state index contributed by atoms with van der Waals surface area (Å²) in [5.74, 6) is 1.67. The molecule has 1 aromatic carbocycles. The SMILES string of the molecule is CN=C(NCCn1cccc1)NCC(C)Oc1ccccc1. The number of hydrogen-bond acceptors (Lipinski definition) is 2. The van der Waals surface area contributed by atoms with Crippen molar-refractivity contribution in [2.45, 2.75) is 19.6 Å². The van der Waals surface area contributed by atoms with E-state index in [9.17, 15) is 0 Å². The van der Waals surface area contributed by atoms with Crippen LogP contribution in [0.25, 0.3) is 0 Å². The quantitative estimate of drug-likeness (QED) is 0.608. The van der Waals surface area contributed by atoms with Crippen LogP contribution in [0.4, 0.5) is 0 Å². The average Bonchev–Trinajstić information content (AvgIpc) is 3.05. The van der Waals surface area contributed by atoms with Gasteiger partial charge in [-0.05, 0) is 31.2 Å². The van der Waals surface area contributed by atoms with Gasteiger partial charge in [0.1, 0.15) is 11.9 Å². The van der Waals surface area contributed by atoms with Gasteiger partial charge in [0, 0.05) is 32.5 Å². The Morgan fingerprint density at radius 1 is 1.14 bits per heavy atom. The standard InChI is InChI=1S/C17H24N4O/c1-15(22-16-8-4-3-5-9-16)14-20-17(18-2)19-10-13-21-11-6-7-12-21/h3-9,11-12,15H,10,13-14H2,1-2H3,(H2,18,19,20). The first kappa shape index (κ1) is 15.9. The second-order valence-electron chi connectivity index (χ2n) is 5.04. The lowest BCUT2D eigenvalue weighted by atomic mass is 10.3. The van der Waals surface area contributed by atoms with E-state index in [4.69, 9.17) is 4.74 Å². The zero-order valence-corrected chi connectivity index (χ0v) is 13.2. The number of nitrogens with zero attached hydrogens (tertiary/aromatic N) is 2. The molecule has 1 unspecified atom stereocenters. The molecule has 1 heterocycles. The first-order chi connectivity index (χ1) is 10.8. The summed E-state index contributed by atoms with van der Waals surface area (Å²) in [4.78, 5) is 4.22. The van der Waals surface area contributed by atoms with E-state index in [1.807, 2.05) is 61.8 Å². The Kier molecular flexibility index (Phi) is 6.36. The van der Waals surface area contributed by atoms with Crippen molar-refractivity contribution in [2.24, 2.45) is 4.99 Å². The van der Waals surface area contributed by atoms with Gasteiger partial charge in [-0.25, -0.2) is 0 Å². The molecular formula is C17H24N4O. The number of guanidine groups is 1. The molecule has 0 aliphatic rings. The minimum absolute atomic E-state index is 0.0606. The van der Waals surface area contributed by atoms with E-state index in [1.54, 1.807) is 7.05 Å². The van der Waals surface area contributed by atoms with Crippen molar-refractivity contribution in [2.75, 3.05) is 20.1 Å². The van der Waals surface area contributed by atoms with Crippen molar-refractivity contribution in [1.29, 1.82) is 0 Å². The van der Waals surface area contributed by atoms with Crippen LogP contribution in [0.5, 0.6) is 5.75 Å². The molecule has 5 nitrogen and oxygen atoms in total. The van der Waals surface area contributed by atoms with E-state index < -0.39 is 0 Å². The van der Waals surface area contributed by atoms with E-state index in [0.29, 0.717) is 6.54 Å². The number of aromatic nitrogens is 1. The molecule has 2 N–H and O–H groups in total. The van der Waals surface area contributed by atoms with Gasteiger partial charge in [0.25, 0.3) is 0 Å². The highest BCUT2D eigenvalue weighted by atomic mass is 16.5. The molecule has 0 aliphatic heterocycles. The molecule has 118 valence electrons. The number of aliphatic imine (C=N–C) groups is 1. The monoisotopic (exact) mass is 300 g/mol. The fourth-order valence-corrected chi connectivity index (χ4v) is 2.06. The Morgan fingerprint density at radius 2 is 1.86 bits per heavy atom. The summed E-state index contributed by atoms with van der Waals surface area (Å²) in [5, 5.41) is 6.56. The summed E-state index contributed by atoms with van der Waals surface area (Å²) < 4.78 is 7.95. The van der Waals surface area contributed by atoms with Gasteiger partial charge in [-0.15, -0.1) is 0 Å². The Bertz CT molecular complexity index is 551. The molecule has 0 radical (unpaired) electrons. The molecule has 22 heavy (non-hydrogen) atoms. The van der Waals surface area contributed by atoms with Crippen LogP contribution in [0.3, 0.4) is 0 Å². The highest BCUT2D eigenvalue weighted by molar-refractivity contribution is 5.79. The largest absolute Gasteiger partial charge is 0.489 e. The van der Waals surface area contributed by atoms with Crippen LogP contribution in [-0.4, -0.2) is 36.8 Å². The van der Waals surface area contributed by atoms with E-state index in [0.717, 1.165) is 24.8 Å². The number of hydrogen-bond donors (Lipinski definition) is 2. The number of nitrogens with one attached hydrogen (secondary N) is 2. The molecule has 0 fully saturated rings. The number of benzene rings is 1. The third-order valence-corrected chi connectivity index (χ3v) is 3.19. The molecular weight excluding hydrogens is 276 g/mol. The van der Waals surface area contributed by atoms with Gasteiger partial charge in [0.15, 0.2) is 5.96 Å². The molecule has 0 bridgehead atoms. The van der Waals surface area contributed by atoms with Crippen LogP contribution in [0.2, 0.25) is 0 Å². The van der Waals surface area contributed by atoms with Gasteiger partial charge in [-0.1, -0.05) is 18.2 Å². The maximum absolute atomic E-state index is 5.82. The maximum Gasteiger partial charge on any atom is 0.191 e. The van der Waals surface area contributed by atoms with E-state index in [1.165, 1.54) is 0 Å². The third kappa shape index (κ3) is 5.52. The molecule has 1 atom stereocenters. The molecule has 0 saturated carbocycles. The van der Waals surface area contributed by atoms with Crippen molar-refractivity contribution >= 4 is 5.96 Å². The van der Waals surface area contributed by atoms with Crippen LogP contribution >= 0.6 is 0 Å². The Morgan fingerprint density at radius 3 is 2.55 bits per heavy atom. The second-order valence-corrected chi connectivity index (χ2v) is 5.04. The summed E-state index contributed by atoms with van der Waals surface area (Å²) in [7, 11) is 1.77. The van der Waals surface area contributed by atoms with Gasteiger partial charge in [0.05, 0.1) is 6.54 Å². The molecule has 5 heteroatoms. The lowest BCUT2D eigenvalue weighted by Gasteiger charge is -2.17. The van der Waals surface area contributed by atoms with Crippen molar-refractivity contribution in [3.8, 4) is 5.75 Å². The molecule has 0 spiro atoms. The Hall–Kier alpha value is -2.43. The fraction of sp³-hybridized carbons (Fsp3) is 0.353. The lowest BCUT2D eigenvalue weighted by molar-refractivity contribution is 0.224. The molecule has 0 saturated heterocycles. The minimum Gasteiger partial charge on any atom is -0.489 e. The molecule has 0 amide bonds.